The van der Waals surface area contributed by atoms with Gasteiger partial charge in [-0.1, -0.05) is 12.1 Å². The van der Waals surface area contributed by atoms with Crippen LogP contribution in [0.1, 0.15) is 12.0 Å². The van der Waals surface area contributed by atoms with Crippen molar-refractivity contribution in [1.29, 1.82) is 0 Å². The minimum atomic E-state index is -0.770. The molecule has 15 heavy (non-hydrogen) atoms. The third-order valence-corrected chi connectivity index (χ3v) is 2.87. The average molecular weight is 228 g/mol. The van der Waals surface area contributed by atoms with Crippen molar-refractivity contribution < 1.29 is 14.3 Å². The summed E-state index contributed by atoms with van der Waals surface area (Å²) in [6.45, 7) is 0. The molecule has 0 unspecified atom stereocenters. The number of halogens is 1. The fourth-order valence-electron chi connectivity index (χ4n) is 1.14. The molecule has 1 aromatic carbocycles. The Morgan fingerprint density at radius 2 is 2.20 bits per heavy atom. The lowest BCUT2D eigenvalue weighted by Crippen LogP contribution is -1.97. The number of benzene rings is 1. The highest BCUT2D eigenvalue weighted by atomic mass is 32.2. The molecule has 2 nitrogen and oxygen atoms in total. The molecule has 0 aliphatic carbocycles. The normalized spacial score (nSPS) is 10.2. The fraction of sp³-hybridized carbons (Fsp3) is 0.364. The molecule has 0 amide bonds. The van der Waals surface area contributed by atoms with Crippen LogP contribution in [0, 0.1) is 5.82 Å². The molecule has 82 valence electrons. The molecule has 0 heterocycles. The zero-order valence-corrected chi connectivity index (χ0v) is 9.10. The first-order chi connectivity index (χ1) is 7.18. The molecule has 4 heteroatoms. The van der Waals surface area contributed by atoms with Crippen LogP contribution < -0.4 is 0 Å². The topological polar surface area (TPSA) is 37.3 Å². The van der Waals surface area contributed by atoms with Gasteiger partial charge in [-0.05, 0) is 29.9 Å². The van der Waals surface area contributed by atoms with Gasteiger partial charge in [0.1, 0.15) is 5.82 Å². The van der Waals surface area contributed by atoms with E-state index in [9.17, 15) is 9.18 Å². The van der Waals surface area contributed by atoms with Crippen molar-refractivity contribution in [3.8, 4) is 0 Å². The van der Waals surface area contributed by atoms with E-state index >= 15 is 0 Å². The molecule has 1 N–H and O–H groups in total. The summed E-state index contributed by atoms with van der Waals surface area (Å²) < 4.78 is 12.8. The first-order valence-electron chi connectivity index (χ1n) is 4.72. The van der Waals surface area contributed by atoms with E-state index in [4.69, 9.17) is 5.11 Å². The molecule has 0 atom stereocenters. The van der Waals surface area contributed by atoms with Crippen molar-refractivity contribution in [2.45, 2.75) is 12.8 Å². The number of aryl methyl sites for hydroxylation is 1. The van der Waals surface area contributed by atoms with Crippen molar-refractivity contribution >= 4 is 17.7 Å². The van der Waals surface area contributed by atoms with Crippen LogP contribution >= 0.6 is 11.8 Å². The molecule has 0 spiro atoms. The molecular weight excluding hydrogens is 215 g/mol. The number of carboxylic acids is 1. The Bertz CT molecular complexity index is 328. The molecule has 0 aromatic heterocycles. The number of rotatable bonds is 6. The molecule has 0 saturated carbocycles. The number of aliphatic carboxylic acids is 1. The fourth-order valence-corrected chi connectivity index (χ4v) is 2.05. The maximum absolute atomic E-state index is 12.8. The van der Waals surface area contributed by atoms with Crippen LogP contribution in [0.25, 0.3) is 0 Å². The Balaban J connectivity index is 2.17. The molecule has 0 fully saturated rings. The van der Waals surface area contributed by atoms with Crippen molar-refractivity contribution in [2.24, 2.45) is 0 Å². The summed E-state index contributed by atoms with van der Waals surface area (Å²) in [5, 5.41) is 8.40. The molecule has 0 aliphatic heterocycles. The summed E-state index contributed by atoms with van der Waals surface area (Å²) in [4.78, 5) is 10.2. The van der Waals surface area contributed by atoms with Crippen LogP contribution in [0.15, 0.2) is 24.3 Å². The van der Waals surface area contributed by atoms with Crippen LogP contribution in [0.5, 0.6) is 0 Å². The number of hydrogen-bond donors (Lipinski definition) is 1. The van der Waals surface area contributed by atoms with Gasteiger partial charge >= 0.3 is 5.97 Å². The van der Waals surface area contributed by atoms with E-state index < -0.39 is 5.97 Å². The van der Waals surface area contributed by atoms with Crippen molar-refractivity contribution in [3.05, 3.63) is 35.6 Å². The summed E-state index contributed by atoms with van der Waals surface area (Å²) in [5.74, 6) is 0.456. The van der Waals surface area contributed by atoms with E-state index in [1.54, 1.807) is 17.8 Å². The number of hydrogen-bond acceptors (Lipinski definition) is 2. The van der Waals surface area contributed by atoms with Gasteiger partial charge in [-0.25, -0.2) is 4.39 Å². The summed E-state index contributed by atoms with van der Waals surface area (Å²) in [7, 11) is 0. The molecule has 0 aliphatic rings. The average Bonchev–Trinajstić information content (AvgIpc) is 2.17. The van der Waals surface area contributed by atoms with Crippen LogP contribution in [0.4, 0.5) is 4.39 Å². The lowest BCUT2D eigenvalue weighted by molar-refractivity contribution is -0.136. The molecule has 1 rings (SSSR count). The summed E-state index contributed by atoms with van der Waals surface area (Å²) in [5.41, 5.74) is 0.956. The number of thioether (sulfide) groups is 1. The highest BCUT2D eigenvalue weighted by molar-refractivity contribution is 7.99. The Labute approximate surface area is 92.5 Å². The van der Waals surface area contributed by atoms with Crippen LogP contribution in [0.3, 0.4) is 0 Å². The van der Waals surface area contributed by atoms with Gasteiger partial charge in [0.15, 0.2) is 0 Å². The SMILES string of the molecule is O=C(O)CCSCCc1cccc(F)c1. The molecule has 0 saturated heterocycles. The smallest absolute Gasteiger partial charge is 0.304 e. The van der Waals surface area contributed by atoms with Crippen LogP contribution in [0.2, 0.25) is 0 Å². The molecule has 0 bridgehead atoms. The highest BCUT2D eigenvalue weighted by Crippen LogP contribution is 2.09. The van der Waals surface area contributed by atoms with Crippen LogP contribution in [-0.4, -0.2) is 22.6 Å². The summed E-state index contributed by atoms with van der Waals surface area (Å²) in [6.07, 6.45) is 0.968. The Kier molecular flexibility index (Phi) is 5.18. The molecular formula is C11H13FO2S. The van der Waals surface area contributed by atoms with Gasteiger partial charge in [-0.15, -0.1) is 0 Å². The van der Waals surface area contributed by atoms with Gasteiger partial charge in [0.2, 0.25) is 0 Å². The summed E-state index contributed by atoms with van der Waals surface area (Å²) >= 11 is 1.58. The van der Waals surface area contributed by atoms with Gasteiger partial charge in [-0.3, -0.25) is 4.79 Å². The third-order valence-electron chi connectivity index (χ3n) is 1.88. The van der Waals surface area contributed by atoms with Crippen LogP contribution in [-0.2, 0) is 11.2 Å². The van der Waals surface area contributed by atoms with Crippen molar-refractivity contribution in [3.63, 3.8) is 0 Å². The highest BCUT2D eigenvalue weighted by Gasteiger charge is 1.98. The van der Waals surface area contributed by atoms with E-state index in [1.165, 1.54) is 12.1 Å². The minimum absolute atomic E-state index is 0.188. The van der Waals surface area contributed by atoms with Crippen molar-refractivity contribution in [1.82, 2.24) is 0 Å². The Morgan fingerprint density at radius 1 is 1.40 bits per heavy atom. The van der Waals surface area contributed by atoms with Gasteiger partial charge in [-0.2, -0.15) is 11.8 Å². The third kappa shape index (κ3) is 5.42. The second-order valence-electron chi connectivity index (χ2n) is 3.14. The Hall–Kier alpha value is -1.03. The molecule has 1 aromatic rings. The summed E-state index contributed by atoms with van der Waals surface area (Å²) in [6, 6.07) is 6.49. The second kappa shape index (κ2) is 6.45. The zero-order valence-electron chi connectivity index (χ0n) is 8.28. The monoisotopic (exact) mass is 228 g/mol. The second-order valence-corrected chi connectivity index (χ2v) is 4.36. The van der Waals surface area contributed by atoms with Gasteiger partial charge in [0.25, 0.3) is 0 Å². The van der Waals surface area contributed by atoms with Gasteiger partial charge < -0.3 is 5.11 Å². The van der Waals surface area contributed by atoms with Gasteiger partial charge in [0.05, 0.1) is 6.42 Å². The van der Waals surface area contributed by atoms with E-state index in [2.05, 4.69) is 0 Å². The zero-order chi connectivity index (χ0) is 11.1. The van der Waals surface area contributed by atoms with Gasteiger partial charge in [0, 0.05) is 5.75 Å². The lowest BCUT2D eigenvalue weighted by atomic mass is 10.2. The van der Waals surface area contributed by atoms with E-state index in [0.29, 0.717) is 5.75 Å². The lowest BCUT2D eigenvalue weighted by Gasteiger charge is -2.00. The standard InChI is InChI=1S/C11H13FO2S/c12-10-3-1-2-9(8-10)4-6-15-7-5-11(13)14/h1-3,8H,4-7H2,(H,13,14). The first kappa shape index (κ1) is 12.0. The van der Waals surface area contributed by atoms with E-state index in [1.807, 2.05) is 6.07 Å². The first-order valence-corrected chi connectivity index (χ1v) is 5.88. The number of carboxylic acid groups (broad SMARTS) is 1. The predicted molar refractivity (Wildman–Crippen MR) is 59.7 cm³/mol. The van der Waals surface area contributed by atoms with E-state index in [0.717, 1.165) is 17.7 Å². The maximum atomic E-state index is 12.8. The minimum Gasteiger partial charge on any atom is -0.481 e. The maximum Gasteiger partial charge on any atom is 0.304 e. The quantitative estimate of drug-likeness (QED) is 0.760. The number of carbonyl (C=O) groups is 1. The Morgan fingerprint density at radius 3 is 2.87 bits per heavy atom. The van der Waals surface area contributed by atoms with E-state index in [-0.39, 0.29) is 12.2 Å². The predicted octanol–water partition coefficient (Wildman–Crippen LogP) is 2.58. The molecule has 0 radical (unpaired) electrons. The largest absolute Gasteiger partial charge is 0.481 e. The van der Waals surface area contributed by atoms with Crippen molar-refractivity contribution in [2.75, 3.05) is 11.5 Å².